The number of ether oxygens (including phenoxy) is 1. The van der Waals surface area contributed by atoms with Gasteiger partial charge >= 0.3 is 35.7 Å². The molecule has 92 valence electrons. The summed E-state index contributed by atoms with van der Waals surface area (Å²) in [6.45, 7) is 0. The molecular formula is C8H6NNaO8. The summed E-state index contributed by atoms with van der Waals surface area (Å²) >= 11 is 0. The number of non-ortho nitro benzene ring substituents is 1. The van der Waals surface area contributed by atoms with Crippen molar-refractivity contribution in [1.29, 1.82) is 0 Å². The molecule has 1 rings (SSSR count). The van der Waals surface area contributed by atoms with E-state index in [1.54, 1.807) is 0 Å². The Bertz CT molecular complexity index is 414. The second-order valence-electron chi connectivity index (χ2n) is 2.38. The van der Waals surface area contributed by atoms with Crippen molar-refractivity contribution in [2.75, 3.05) is 0 Å². The third-order valence-corrected chi connectivity index (χ3v) is 1.25. The molecule has 2 N–H and O–H groups in total. The van der Waals surface area contributed by atoms with Crippen LogP contribution in [0.15, 0.2) is 24.3 Å². The summed E-state index contributed by atoms with van der Waals surface area (Å²) < 4.78 is 4.24. The molecule has 18 heavy (non-hydrogen) atoms. The van der Waals surface area contributed by atoms with Gasteiger partial charge in [-0.2, -0.15) is 0 Å². The van der Waals surface area contributed by atoms with Gasteiger partial charge in [0.25, 0.3) is 5.69 Å². The Morgan fingerprint density at radius 1 is 1.17 bits per heavy atom. The van der Waals surface area contributed by atoms with Gasteiger partial charge in [-0.3, -0.25) is 10.1 Å². The Balaban J connectivity index is 0. The molecule has 0 unspecified atom stereocenters. The average Bonchev–Trinajstić information content (AvgIpc) is 2.16. The van der Waals surface area contributed by atoms with Crippen LogP contribution in [-0.2, 0) is 0 Å². The summed E-state index contributed by atoms with van der Waals surface area (Å²) in [5.41, 5.74) is -0.113. The monoisotopic (exact) mass is 267 g/mol. The summed E-state index contributed by atoms with van der Waals surface area (Å²) in [4.78, 5) is 28.1. The van der Waals surface area contributed by atoms with Gasteiger partial charge in [0.2, 0.25) is 6.16 Å². The molecule has 0 amide bonds. The first-order valence-corrected chi connectivity index (χ1v) is 3.88. The van der Waals surface area contributed by atoms with E-state index in [0.29, 0.717) is 0 Å². The first kappa shape index (κ1) is 18.5. The molecule has 0 saturated heterocycles. The molecule has 0 aromatic heterocycles. The van der Waals surface area contributed by atoms with Gasteiger partial charge in [-0.15, -0.1) is 0 Å². The number of nitrogens with zero attached hydrogens (tertiary/aromatic N) is 1. The summed E-state index contributed by atoms with van der Waals surface area (Å²) in [5, 5.41) is 33.7. The number of carbonyl (C=O) groups is 2. The zero-order chi connectivity index (χ0) is 13.4. The van der Waals surface area contributed by atoms with E-state index in [0.717, 1.165) is 12.1 Å². The maximum Gasteiger partial charge on any atom is 1.00 e. The van der Waals surface area contributed by atoms with E-state index in [-0.39, 0.29) is 41.0 Å². The first-order chi connectivity index (χ1) is 7.82. The van der Waals surface area contributed by atoms with Crippen LogP contribution < -0.4 is 39.4 Å². The van der Waals surface area contributed by atoms with Gasteiger partial charge in [0, 0.05) is 12.1 Å². The molecule has 0 spiro atoms. The van der Waals surface area contributed by atoms with Crippen LogP contribution >= 0.6 is 0 Å². The third-order valence-electron chi connectivity index (χ3n) is 1.25. The number of hydrogen-bond acceptors (Lipinski definition) is 6. The van der Waals surface area contributed by atoms with Crippen LogP contribution in [0.4, 0.5) is 15.3 Å². The fraction of sp³-hybridized carbons (Fsp3) is 0. The molecule has 0 heterocycles. The molecule has 0 aliphatic rings. The first-order valence-electron chi connectivity index (χ1n) is 3.88. The zero-order valence-electron chi connectivity index (χ0n) is 9.10. The fourth-order valence-corrected chi connectivity index (χ4v) is 0.737. The van der Waals surface area contributed by atoms with Crippen LogP contribution in [0.3, 0.4) is 0 Å². The average molecular weight is 267 g/mol. The van der Waals surface area contributed by atoms with Crippen molar-refractivity contribution in [1.82, 2.24) is 0 Å². The quantitative estimate of drug-likeness (QED) is 0.197. The maximum absolute atomic E-state index is 10.2. The van der Waals surface area contributed by atoms with E-state index in [1.807, 2.05) is 0 Å². The SMILES string of the molecule is O=C(O)Oc1ccc([N+](=O)[O-])cc1.O=C([O-])O.[Na+]. The number of carboxylic acid groups (broad SMARTS) is 3. The van der Waals surface area contributed by atoms with Crippen molar-refractivity contribution in [3.8, 4) is 5.75 Å². The zero-order valence-corrected chi connectivity index (χ0v) is 11.1. The van der Waals surface area contributed by atoms with Crippen molar-refractivity contribution >= 4 is 18.0 Å². The minimum atomic E-state index is -2.08. The van der Waals surface area contributed by atoms with Gasteiger partial charge in [-0.25, -0.2) is 4.79 Å². The predicted octanol–water partition coefficient (Wildman–Crippen LogP) is -2.46. The molecular weight excluding hydrogens is 261 g/mol. The van der Waals surface area contributed by atoms with Crippen LogP contribution in [0, 0.1) is 10.1 Å². The van der Waals surface area contributed by atoms with Gasteiger partial charge < -0.3 is 24.9 Å². The Hall–Kier alpha value is -1.84. The fourth-order valence-electron chi connectivity index (χ4n) is 0.737. The Labute approximate surface area is 122 Å². The van der Waals surface area contributed by atoms with E-state index in [2.05, 4.69) is 4.74 Å². The number of nitro groups is 1. The standard InChI is InChI=1S/C7H5NO5.CH2O3.Na/c9-7(10)13-6-3-1-5(2-4-6)8(11)12;2-1(3)4;/h1-4H,(H,9,10);(H2,2,3,4);/q;;+1/p-1. The van der Waals surface area contributed by atoms with E-state index in [1.165, 1.54) is 12.1 Å². The molecule has 1 aromatic carbocycles. The molecule has 10 heteroatoms. The molecule has 0 atom stereocenters. The Morgan fingerprint density at radius 3 is 1.83 bits per heavy atom. The number of benzene rings is 1. The van der Waals surface area contributed by atoms with Gasteiger partial charge in [-0.1, -0.05) is 0 Å². The van der Waals surface area contributed by atoms with Crippen LogP contribution in [-0.4, -0.2) is 27.4 Å². The minimum Gasteiger partial charge on any atom is -0.565 e. The van der Waals surface area contributed by atoms with Gasteiger partial charge in [0.1, 0.15) is 5.75 Å². The summed E-state index contributed by atoms with van der Waals surface area (Å²) in [6, 6.07) is 4.76. The molecule has 9 nitrogen and oxygen atoms in total. The normalized spacial score (nSPS) is 8.00. The van der Waals surface area contributed by atoms with Gasteiger partial charge in [-0.05, 0) is 12.1 Å². The second kappa shape index (κ2) is 9.22. The topological polar surface area (TPSA) is 150 Å². The summed E-state index contributed by atoms with van der Waals surface area (Å²) in [5.74, 6) is 0.0538. The third kappa shape index (κ3) is 9.39. The molecule has 0 saturated carbocycles. The van der Waals surface area contributed by atoms with E-state index in [9.17, 15) is 14.9 Å². The van der Waals surface area contributed by atoms with Crippen LogP contribution in [0.2, 0.25) is 0 Å². The van der Waals surface area contributed by atoms with Crippen LogP contribution in [0.5, 0.6) is 5.75 Å². The van der Waals surface area contributed by atoms with E-state index >= 15 is 0 Å². The molecule has 0 fully saturated rings. The molecule has 0 aliphatic carbocycles. The smallest absolute Gasteiger partial charge is 0.565 e. The maximum atomic E-state index is 10.2. The Morgan fingerprint density at radius 2 is 1.56 bits per heavy atom. The van der Waals surface area contributed by atoms with Gasteiger partial charge in [0.05, 0.1) is 4.92 Å². The minimum absolute atomic E-state index is 0. The number of nitro benzene ring substituents is 1. The van der Waals surface area contributed by atoms with Crippen molar-refractivity contribution in [3.05, 3.63) is 34.4 Å². The summed E-state index contributed by atoms with van der Waals surface area (Å²) in [6.07, 6.45) is -3.53. The van der Waals surface area contributed by atoms with Crippen molar-refractivity contribution in [2.24, 2.45) is 0 Å². The Kier molecular flexibility index (Phi) is 9.48. The molecule has 0 bridgehead atoms. The van der Waals surface area contributed by atoms with Crippen molar-refractivity contribution in [3.63, 3.8) is 0 Å². The predicted molar refractivity (Wildman–Crippen MR) is 49.8 cm³/mol. The van der Waals surface area contributed by atoms with E-state index < -0.39 is 17.2 Å². The van der Waals surface area contributed by atoms with Crippen molar-refractivity contribution in [2.45, 2.75) is 0 Å². The number of rotatable bonds is 2. The largest absolute Gasteiger partial charge is 1.00 e. The molecule has 0 aliphatic heterocycles. The molecule has 1 aromatic rings. The number of hydrogen-bond donors (Lipinski definition) is 2. The summed E-state index contributed by atoms with van der Waals surface area (Å²) in [7, 11) is 0. The van der Waals surface area contributed by atoms with Crippen LogP contribution in [0.25, 0.3) is 0 Å². The van der Waals surface area contributed by atoms with Crippen molar-refractivity contribution < 1.29 is 64.1 Å². The molecule has 0 radical (unpaired) electrons. The van der Waals surface area contributed by atoms with Gasteiger partial charge in [0.15, 0.2) is 0 Å². The van der Waals surface area contributed by atoms with Crippen LogP contribution in [0.1, 0.15) is 0 Å². The van der Waals surface area contributed by atoms with E-state index in [4.69, 9.17) is 20.1 Å². The second-order valence-corrected chi connectivity index (χ2v) is 2.38.